The molecule has 0 atom stereocenters. The molecule has 0 unspecified atom stereocenters. The third-order valence-electron chi connectivity index (χ3n) is 11.8. The molecule has 4 aromatic carbocycles. The fourth-order valence-electron chi connectivity index (χ4n) is 8.54. The first-order valence-corrected chi connectivity index (χ1v) is 22.6. The number of para-hydroxylation sites is 2. The van der Waals surface area contributed by atoms with Crippen molar-refractivity contribution in [3.8, 4) is 23.0 Å². The largest absolute Gasteiger partial charge is 2.00 e. The second-order valence-corrected chi connectivity index (χ2v) is 16.4. The van der Waals surface area contributed by atoms with Crippen LogP contribution in [0.25, 0.3) is 0 Å². The van der Waals surface area contributed by atoms with Gasteiger partial charge in [-0.1, -0.05) is 178 Å². The minimum atomic E-state index is -1.09. The van der Waals surface area contributed by atoms with Gasteiger partial charge >= 0.3 is 19.5 Å². The van der Waals surface area contributed by atoms with Gasteiger partial charge in [0.2, 0.25) is 0 Å². The predicted molar refractivity (Wildman–Crippen MR) is 231 cm³/mol. The minimum Gasteiger partial charge on any atom is -0.545 e. The van der Waals surface area contributed by atoms with Crippen LogP contribution in [0.3, 0.4) is 0 Å². The number of rotatable bonds is 24. The summed E-state index contributed by atoms with van der Waals surface area (Å²) in [4.78, 5) is 23.8. The third-order valence-corrected chi connectivity index (χ3v) is 11.8. The first-order valence-electron chi connectivity index (χ1n) is 22.6. The van der Waals surface area contributed by atoms with Crippen LogP contribution in [0.1, 0.15) is 196 Å². The van der Waals surface area contributed by atoms with Crippen LogP contribution in [0.15, 0.2) is 72.8 Å². The van der Waals surface area contributed by atoms with Crippen LogP contribution in [-0.2, 0) is 45.2 Å². The van der Waals surface area contributed by atoms with Crippen LogP contribution in [0, 0.1) is 0 Å². The van der Waals surface area contributed by atoms with Crippen molar-refractivity contribution < 1.29 is 48.8 Å². The maximum absolute atomic E-state index is 11.9. The molecule has 0 aliphatic carbocycles. The van der Waals surface area contributed by atoms with E-state index in [4.69, 9.17) is 9.47 Å². The SMILES string of the molecule is CCCCCCCCCCCCc1ccc2c(c1C(=O)[O-])Cc1ccccc1O2.CCCCCCCCCCCCc1ccc2c(c1C(=O)[O-])Cc1ccccc1O2.[Zn+2]. The molecule has 2 heterocycles. The standard InChI is InChI=1S/2C26H34O3.Zn/c2*1-2-3-4-5-6-7-8-9-10-11-14-20-17-18-24-22(25(20)26(27)28)19-21-15-12-13-16-23(21)29-24;/h2*12-13,15-18H,2-11,14,19H2,1H3,(H,27,28);/q;;+2/p-2. The second-order valence-electron chi connectivity index (χ2n) is 16.4. The van der Waals surface area contributed by atoms with Gasteiger partial charge in [-0.2, -0.15) is 0 Å². The monoisotopic (exact) mass is 850 g/mol. The Kier molecular flexibility index (Phi) is 21.3. The molecule has 0 amide bonds. The molecule has 6 nitrogen and oxygen atoms in total. The maximum Gasteiger partial charge on any atom is 2.00 e. The van der Waals surface area contributed by atoms with Gasteiger partial charge in [0.05, 0.1) is 11.9 Å². The van der Waals surface area contributed by atoms with Gasteiger partial charge in [0.25, 0.3) is 0 Å². The number of carboxylic acid groups (broad SMARTS) is 2. The van der Waals surface area contributed by atoms with Crippen LogP contribution in [-0.4, -0.2) is 11.9 Å². The first-order chi connectivity index (χ1) is 28.4. The zero-order chi connectivity index (χ0) is 41.0. The van der Waals surface area contributed by atoms with E-state index in [1.54, 1.807) is 0 Å². The Morgan fingerprint density at radius 1 is 0.441 bits per heavy atom. The average Bonchev–Trinajstić information content (AvgIpc) is 3.23. The van der Waals surface area contributed by atoms with E-state index in [1.807, 2.05) is 72.8 Å². The number of hydrogen-bond acceptors (Lipinski definition) is 6. The molecule has 0 aromatic heterocycles. The van der Waals surface area contributed by atoms with Crippen LogP contribution >= 0.6 is 0 Å². The van der Waals surface area contributed by atoms with E-state index in [0.717, 1.165) is 83.4 Å². The molecule has 0 N–H and O–H groups in total. The van der Waals surface area contributed by atoms with E-state index in [0.29, 0.717) is 35.5 Å². The van der Waals surface area contributed by atoms with Crippen molar-refractivity contribution in [1.82, 2.24) is 0 Å². The zero-order valence-corrected chi connectivity index (χ0v) is 39.0. The Morgan fingerprint density at radius 3 is 1.10 bits per heavy atom. The molecular formula is C52H66O6Zn. The van der Waals surface area contributed by atoms with Gasteiger partial charge in [0.15, 0.2) is 0 Å². The molecular weight excluding hydrogens is 786 g/mol. The number of carbonyl (C=O) groups is 2. The molecule has 0 fully saturated rings. The molecule has 0 spiro atoms. The van der Waals surface area contributed by atoms with Gasteiger partial charge in [-0.05, 0) is 72.2 Å². The van der Waals surface area contributed by atoms with Crippen LogP contribution in [0.5, 0.6) is 23.0 Å². The van der Waals surface area contributed by atoms with E-state index in [-0.39, 0.29) is 19.5 Å². The molecule has 2 aliphatic heterocycles. The van der Waals surface area contributed by atoms with Crippen molar-refractivity contribution in [2.75, 3.05) is 0 Å². The Hall–Kier alpha value is -3.96. The number of hydrogen-bond donors (Lipinski definition) is 0. The number of benzene rings is 4. The average molecular weight is 852 g/mol. The quantitative estimate of drug-likeness (QED) is 0.0444. The van der Waals surface area contributed by atoms with Crippen molar-refractivity contribution >= 4 is 11.9 Å². The van der Waals surface area contributed by atoms with Gasteiger partial charge < -0.3 is 29.3 Å². The summed E-state index contributed by atoms with van der Waals surface area (Å²) in [5.41, 5.74) is 6.01. The van der Waals surface area contributed by atoms with Crippen LogP contribution < -0.4 is 19.7 Å². The van der Waals surface area contributed by atoms with Crippen molar-refractivity contribution in [3.63, 3.8) is 0 Å². The van der Waals surface area contributed by atoms with Gasteiger partial charge in [-0.15, -0.1) is 0 Å². The molecule has 2 aliphatic rings. The van der Waals surface area contributed by atoms with Gasteiger partial charge in [-0.3, -0.25) is 0 Å². The summed E-state index contributed by atoms with van der Waals surface area (Å²) in [7, 11) is 0. The number of fused-ring (bicyclic) bond motifs is 4. The summed E-state index contributed by atoms with van der Waals surface area (Å²) in [6, 6.07) is 23.3. The van der Waals surface area contributed by atoms with Crippen LogP contribution in [0.2, 0.25) is 0 Å². The van der Waals surface area contributed by atoms with Crippen molar-refractivity contribution in [2.45, 2.75) is 168 Å². The Bertz CT molecular complexity index is 1760. The van der Waals surface area contributed by atoms with Gasteiger partial charge in [-0.25, -0.2) is 0 Å². The number of carbonyl (C=O) groups excluding carboxylic acids is 2. The molecule has 59 heavy (non-hydrogen) atoms. The molecule has 312 valence electrons. The molecule has 0 saturated heterocycles. The van der Waals surface area contributed by atoms with E-state index < -0.39 is 11.9 Å². The first kappa shape index (κ1) is 47.7. The molecule has 7 heteroatoms. The second kappa shape index (κ2) is 26.3. The molecule has 0 saturated carbocycles. The molecule has 0 bridgehead atoms. The number of ether oxygens (including phenoxy) is 2. The number of unbranched alkanes of at least 4 members (excludes halogenated alkanes) is 18. The molecule has 6 rings (SSSR count). The van der Waals surface area contributed by atoms with E-state index >= 15 is 0 Å². The minimum absolute atomic E-state index is 0. The zero-order valence-electron chi connectivity index (χ0n) is 36.1. The van der Waals surface area contributed by atoms with Crippen molar-refractivity contribution in [3.05, 3.63) is 117 Å². The summed E-state index contributed by atoms with van der Waals surface area (Å²) in [6.07, 6.45) is 28.3. The summed E-state index contributed by atoms with van der Waals surface area (Å²) in [6.45, 7) is 4.50. The molecule has 0 radical (unpaired) electrons. The van der Waals surface area contributed by atoms with E-state index in [9.17, 15) is 19.8 Å². The normalized spacial score (nSPS) is 12.0. The Labute approximate surface area is 367 Å². The Morgan fingerprint density at radius 2 is 0.763 bits per heavy atom. The van der Waals surface area contributed by atoms with E-state index in [2.05, 4.69) is 13.8 Å². The maximum atomic E-state index is 11.9. The summed E-state index contributed by atoms with van der Waals surface area (Å²) in [5, 5.41) is 23.8. The van der Waals surface area contributed by atoms with Crippen molar-refractivity contribution in [1.29, 1.82) is 0 Å². The van der Waals surface area contributed by atoms with E-state index in [1.165, 1.54) is 103 Å². The van der Waals surface area contributed by atoms with Gasteiger partial charge in [0, 0.05) is 35.1 Å². The van der Waals surface area contributed by atoms with Crippen LogP contribution in [0.4, 0.5) is 0 Å². The summed E-state index contributed by atoms with van der Waals surface area (Å²) < 4.78 is 11.9. The fraction of sp³-hybridized carbons (Fsp3) is 0.500. The molecule has 4 aromatic rings. The summed E-state index contributed by atoms with van der Waals surface area (Å²) >= 11 is 0. The number of carboxylic acids is 2. The predicted octanol–water partition coefficient (Wildman–Crippen LogP) is 12.4. The van der Waals surface area contributed by atoms with Crippen molar-refractivity contribution in [2.24, 2.45) is 0 Å². The number of aromatic carboxylic acids is 2. The summed E-state index contributed by atoms with van der Waals surface area (Å²) in [5.74, 6) is 0.738. The van der Waals surface area contributed by atoms with Gasteiger partial charge in [0.1, 0.15) is 23.0 Å². The number of aryl methyl sites for hydroxylation is 2. The third kappa shape index (κ3) is 14.6. The topological polar surface area (TPSA) is 98.7 Å². The smallest absolute Gasteiger partial charge is 0.545 e. The Balaban J connectivity index is 0.000000256. The fourth-order valence-corrected chi connectivity index (χ4v) is 8.54.